The van der Waals surface area contributed by atoms with Crippen LogP contribution in [0.2, 0.25) is 0 Å². The van der Waals surface area contributed by atoms with Crippen LogP contribution in [0.5, 0.6) is 0 Å². The highest BCUT2D eigenvalue weighted by molar-refractivity contribution is 7.89. The van der Waals surface area contributed by atoms with Gasteiger partial charge in [-0.05, 0) is 42.8 Å². The largest absolute Gasteiger partial charge is 0.416 e. The number of benzene rings is 2. The van der Waals surface area contributed by atoms with Gasteiger partial charge in [-0.3, -0.25) is 4.79 Å². The second kappa shape index (κ2) is 7.65. The number of rotatable bonds is 5. The molecule has 0 unspecified atom stereocenters. The fraction of sp³-hybridized carbons (Fsp3) is 0.235. The molecule has 0 aromatic heterocycles. The molecule has 5 nitrogen and oxygen atoms in total. The number of carbonyl (C=O) groups excluding carboxylic acids is 1. The molecule has 0 bridgehead atoms. The first-order valence-electron chi connectivity index (χ1n) is 7.74. The van der Waals surface area contributed by atoms with Crippen molar-refractivity contribution < 1.29 is 30.8 Å². The molecule has 0 spiro atoms. The van der Waals surface area contributed by atoms with E-state index in [9.17, 15) is 30.8 Å². The summed E-state index contributed by atoms with van der Waals surface area (Å²) in [5, 5.41) is 2.16. The van der Waals surface area contributed by atoms with Gasteiger partial charge in [-0.2, -0.15) is 13.2 Å². The van der Waals surface area contributed by atoms with Gasteiger partial charge in [0.05, 0.1) is 16.0 Å². The Morgan fingerprint density at radius 2 is 1.78 bits per heavy atom. The Hall–Kier alpha value is -2.46. The quantitative estimate of drug-likeness (QED) is 0.747. The molecule has 10 heteroatoms. The number of hydrogen-bond donors (Lipinski definition) is 2. The maximum Gasteiger partial charge on any atom is 0.416 e. The van der Waals surface area contributed by atoms with Crippen molar-refractivity contribution in [2.75, 3.05) is 11.9 Å². The highest BCUT2D eigenvalue weighted by Gasteiger charge is 2.32. The Bertz CT molecular complexity index is 973. The summed E-state index contributed by atoms with van der Waals surface area (Å²) in [4.78, 5) is 11.9. The summed E-state index contributed by atoms with van der Waals surface area (Å²) in [6.45, 7) is 2.90. The summed E-state index contributed by atoms with van der Waals surface area (Å²) in [5.74, 6) is -2.08. The lowest BCUT2D eigenvalue weighted by Crippen LogP contribution is -2.24. The summed E-state index contributed by atoms with van der Waals surface area (Å²) in [6.07, 6.45) is -4.62. The molecule has 0 atom stereocenters. The van der Waals surface area contributed by atoms with Crippen molar-refractivity contribution >= 4 is 21.6 Å². The van der Waals surface area contributed by atoms with Gasteiger partial charge in [0.15, 0.2) is 0 Å². The minimum atomic E-state index is -4.62. The van der Waals surface area contributed by atoms with E-state index < -0.39 is 39.1 Å². The number of nitrogens with one attached hydrogen (secondary N) is 2. The van der Waals surface area contributed by atoms with Gasteiger partial charge in [0.25, 0.3) is 5.91 Å². The Balaban J connectivity index is 2.37. The molecule has 27 heavy (non-hydrogen) atoms. The molecule has 0 aliphatic rings. The van der Waals surface area contributed by atoms with E-state index in [1.54, 1.807) is 6.92 Å². The maximum absolute atomic E-state index is 14.0. The van der Waals surface area contributed by atoms with Crippen molar-refractivity contribution in [1.82, 2.24) is 4.72 Å². The maximum atomic E-state index is 14.0. The normalized spacial score (nSPS) is 12.1. The standard InChI is InChI=1S/C17H16F4N2O3S/c1-3-22-27(25,26)12-6-7-15(18)13(9-12)16(24)23-11-5-4-10(2)14(8-11)17(19,20)21/h4-9,22H,3H2,1-2H3,(H,23,24). The summed E-state index contributed by atoms with van der Waals surface area (Å²) in [7, 11) is -3.93. The summed E-state index contributed by atoms with van der Waals surface area (Å²) in [6, 6.07) is 5.74. The minimum Gasteiger partial charge on any atom is -0.322 e. The van der Waals surface area contributed by atoms with Gasteiger partial charge in [-0.25, -0.2) is 17.5 Å². The average molecular weight is 404 g/mol. The molecule has 2 aromatic carbocycles. The van der Waals surface area contributed by atoms with E-state index in [1.165, 1.54) is 19.1 Å². The molecule has 2 N–H and O–H groups in total. The van der Waals surface area contributed by atoms with Crippen molar-refractivity contribution in [3.63, 3.8) is 0 Å². The van der Waals surface area contributed by atoms with Gasteiger partial charge in [0.2, 0.25) is 10.0 Å². The molecule has 1 amide bonds. The molecule has 2 rings (SSSR count). The number of aryl methyl sites for hydroxylation is 1. The van der Waals surface area contributed by atoms with Gasteiger partial charge < -0.3 is 5.32 Å². The monoisotopic (exact) mass is 404 g/mol. The van der Waals surface area contributed by atoms with Gasteiger partial charge >= 0.3 is 6.18 Å². The van der Waals surface area contributed by atoms with Gasteiger partial charge in [0.1, 0.15) is 5.82 Å². The minimum absolute atomic E-state index is 0.0367. The smallest absolute Gasteiger partial charge is 0.322 e. The molecule has 0 radical (unpaired) electrons. The summed E-state index contributed by atoms with van der Waals surface area (Å²) >= 11 is 0. The van der Waals surface area contributed by atoms with Crippen LogP contribution < -0.4 is 10.0 Å². The molecule has 0 saturated carbocycles. The first kappa shape index (κ1) is 20.8. The Labute approximate surface area is 153 Å². The number of alkyl halides is 3. The van der Waals surface area contributed by atoms with Crippen LogP contribution in [0, 0.1) is 12.7 Å². The van der Waals surface area contributed by atoms with Crippen molar-refractivity contribution in [2.24, 2.45) is 0 Å². The van der Waals surface area contributed by atoms with Crippen LogP contribution in [-0.2, 0) is 16.2 Å². The average Bonchev–Trinajstić information content (AvgIpc) is 2.55. The first-order chi connectivity index (χ1) is 12.5. The highest BCUT2D eigenvalue weighted by Crippen LogP contribution is 2.33. The van der Waals surface area contributed by atoms with Crippen LogP contribution in [-0.4, -0.2) is 20.9 Å². The zero-order valence-electron chi connectivity index (χ0n) is 14.3. The number of amides is 1. The fourth-order valence-electron chi connectivity index (χ4n) is 2.32. The van der Waals surface area contributed by atoms with E-state index in [4.69, 9.17) is 0 Å². The predicted octanol–water partition coefficient (Wildman–Crippen LogP) is 3.70. The Morgan fingerprint density at radius 3 is 2.37 bits per heavy atom. The van der Waals surface area contributed by atoms with Crippen LogP contribution in [0.1, 0.15) is 28.4 Å². The SMILES string of the molecule is CCNS(=O)(=O)c1ccc(F)c(C(=O)Nc2ccc(C)c(C(F)(F)F)c2)c1. The lowest BCUT2D eigenvalue weighted by atomic mass is 10.1. The predicted molar refractivity (Wildman–Crippen MR) is 91.4 cm³/mol. The van der Waals surface area contributed by atoms with Crippen LogP contribution >= 0.6 is 0 Å². The van der Waals surface area contributed by atoms with Crippen molar-refractivity contribution in [3.05, 3.63) is 58.9 Å². The number of sulfonamides is 1. The molecular weight excluding hydrogens is 388 g/mol. The summed E-state index contributed by atoms with van der Waals surface area (Å²) < 4.78 is 79.0. The van der Waals surface area contributed by atoms with Crippen LogP contribution in [0.4, 0.5) is 23.2 Å². The molecule has 0 saturated heterocycles. The number of halogens is 4. The fourth-order valence-corrected chi connectivity index (χ4v) is 3.39. The van der Waals surface area contributed by atoms with E-state index in [0.29, 0.717) is 0 Å². The van der Waals surface area contributed by atoms with Crippen LogP contribution in [0.3, 0.4) is 0 Å². The van der Waals surface area contributed by atoms with E-state index >= 15 is 0 Å². The van der Waals surface area contributed by atoms with E-state index in [2.05, 4.69) is 10.0 Å². The molecular formula is C17H16F4N2O3S. The zero-order chi connectivity index (χ0) is 20.4. The molecule has 0 heterocycles. The van der Waals surface area contributed by atoms with Crippen LogP contribution in [0.25, 0.3) is 0 Å². The number of hydrogen-bond acceptors (Lipinski definition) is 3. The highest BCUT2D eigenvalue weighted by atomic mass is 32.2. The lowest BCUT2D eigenvalue weighted by molar-refractivity contribution is -0.138. The van der Waals surface area contributed by atoms with Crippen molar-refractivity contribution in [2.45, 2.75) is 24.9 Å². The molecule has 0 aliphatic heterocycles. The molecule has 2 aromatic rings. The van der Waals surface area contributed by atoms with Crippen LogP contribution in [0.15, 0.2) is 41.3 Å². The van der Waals surface area contributed by atoms with Crippen molar-refractivity contribution in [1.29, 1.82) is 0 Å². The lowest BCUT2D eigenvalue weighted by Gasteiger charge is -2.13. The van der Waals surface area contributed by atoms with Crippen molar-refractivity contribution in [3.8, 4) is 0 Å². The number of carbonyl (C=O) groups is 1. The van der Waals surface area contributed by atoms with E-state index in [0.717, 1.165) is 24.3 Å². The third-order valence-corrected chi connectivity index (χ3v) is 5.17. The molecule has 0 aliphatic carbocycles. The van der Waals surface area contributed by atoms with E-state index in [1.807, 2.05) is 0 Å². The summed E-state index contributed by atoms with van der Waals surface area (Å²) in [5.41, 5.74) is -1.78. The molecule has 146 valence electrons. The first-order valence-corrected chi connectivity index (χ1v) is 9.22. The Kier molecular flexibility index (Phi) is 5.91. The number of anilines is 1. The van der Waals surface area contributed by atoms with Gasteiger partial charge in [-0.15, -0.1) is 0 Å². The zero-order valence-corrected chi connectivity index (χ0v) is 15.1. The second-order valence-corrected chi connectivity index (χ2v) is 7.39. The molecule has 0 fully saturated rings. The third-order valence-electron chi connectivity index (χ3n) is 3.63. The topological polar surface area (TPSA) is 75.3 Å². The van der Waals surface area contributed by atoms with Gasteiger partial charge in [0, 0.05) is 12.2 Å². The Morgan fingerprint density at radius 1 is 1.11 bits per heavy atom. The van der Waals surface area contributed by atoms with E-state index in [-0.39, 0.29) is 22.7 Å². The van der Waals surface area contributed by atoms with Gasteiger partial charge in [-0.1, -0.05) is 13.0 Å². The second-order valence-electron chi connectivity index (χ2n) is 5.62. The third kappa shape index (κ3) is 4.83.